The zero-order valence-corrected chi connectivity index (χ0v) is 12.5. The first-order chi connectivity index (χ1) is 9.10. The molecule has 0 amide bonds. The number of nitrogens with two attached hydrogens (primary N) is 1. The molecule has 1 aromatic rings. The molecular formula is C12H23N5OS. The lowest BCUT2D eigenvalue weighted by Crippen LogP contribution is -2.31. The fraction of sp³-hybridized carbons (Fsp3) is 0.667. The second-order valence-corrected chi connectivity index (χ2v) is 5.39. The van der Waals surface area contributed by atoms with Gasteiger partial charge < -0.3 is 21.5 Å². The van der Waals surface area contributed by atoms with E-state index in [1.165, 1.54) is 0 Å². The summed E-state index contributed by atoms with van der Waals surface area (Å²) >= 11 is 1.62. The maximum absolute atomic E-state index is 9.27. The predicted molar refractivity (Wildman–Crippen MR) is 82.7 cm³/mol. The van der Waals surface area contributed by atoms with Crippen molar-refractivity contribution in [2.75, 3.05) is 35.8 Å². The molecule has 108 valence electrons. The molecule has 0 radical (unpaired) electrons. The highest BCUT2D eigenvalue weighted by molar-refractivity contribution is 7.99. The second kappa shape index (κ2) is 8.06. The van der Waals surface area contributed by atoms with E-state index in [0.717, 1.165) is 13.0 Å². The minimum absolute atomic E-state index is 0.0910. The number of rotatable bonds is 8. The van der Waals surface area contributed by atoms with Crippen molar-refractivity contribution < 1.29 is 5.11 Å². The molecule has 1 heterocycles. The lowest BCUT2D eigenvalue weighted by Gasteiger charge is -2.22. The van der Waals surface area contributed by atoms with E-state index < -0.39 is 0 Å². The summed E-state index contributed by atoms with van der Waals surface area (Å²) in [5, 5.41) is 15.8. The zero-order valence-electron chi connectivity index (χ0n) is 11.7. The van der Waals surface area contributed by atoms with Crippen molar-refractivity contribution in [3.8, 4) is 0 Å². The monoisotopic (exact) mass is 285 g/mol. The zero-order chi connectivity index (χ0) is 14.3. The Morgan fingerprint density at radius 2 is 2.11 bits per heavy atom. The summed E-state index contributed by atoms with van der Waals surface area (Å²) in [6, 6.07) is 1.92. The Morgan fingerprint density at radius 1 is 1.42 bits per heavy atom. The van der Waals surface area contributed by atoms with Crippen molar-refractivity contribution in [2.45, 2.75) is 31.6 Å². The fourth-order valence-corrected chi connectivity index (χ4v) is 2.27. The van der Waals surface area contributed by atoms with Crippen LogP contribution in [0.2, 0.25) is 0 Å². The van der Waals surface area contributed by atoms with Crippen LogP contribution in [-0.4, -0.2) is 45.8 Å². The number of nitrogens with one attached hydrogen (secondary N) is 2. The first-order valence-electron chi connectivity index (χ1n) is 6.39. The van der Waals surface area contributed by atoms with Gasteiger partial charge in [-0.2, -0.15) is 21.7 Å². The number of hydrogen-bond acceptors (Lipinski definition) is 7. The topological polar surface area (TPSA) is 96.1 Å². The molecule has 0 aliphatic heterocycles. The number of anilines is 3. The van der Waals surface area contributed by atoms with Crippen LogP contribution in [-0.2, 0) is 0 Å². The van der Waals surface area contributed by atoms with E-state index in [4.69, 9.17) is 5.73 Å². The average molecular weight is 285 g/mol. The van der Waals surface area contributed by atoms with Gasteiger partial charge in [0.15, 0.2) is 0 Å². The summed E-state index contributed by atoms with van der Waals surface area (Å²) in [7, 11) is 0. The fourth-order valence-electron chi connectivity index (χ4n) is 1.65. The molecular weight excluding hydrogens is 262 g/mol. The molecule has 0 spiro atoms. The van der Waals surface area contributed by atoms with E-state index in [1.807, 2.05) is 19.2 Å². The third kappa shape index (κ3) is 5.12. The molecule has 5 N–H and O–H groups in total. The highest BCUT2D eigenvalue weighted by atomic mass is 32.2. The molecule has 0 aromatic carbocycles. The van der Waals surface area contributed by atoms with Crippen molar-refractivity contribution >= 4 is 29.3 Å². The van der Waals surface area contributed by atoms with Crippen LogP contribution >= 0.6 is 11.8 Å². The van der Waals surface area contributed by atoms with Crippen molar-refractivity contribution in [2.24, 2.45) is 0 Å². The Labute approximate surface area is 118 Å². The van der Waals surface area contributed by atoms with Crippen LogP contribution in [0, 0.1) is 0 Å². The Bertz CT molecular complexity index is 386. The number of nitrogens with zero attached hydrogens (tertiary/aromatic N) is 2. The van der Waals surface area contributed by atoms with Gasteiger partial charge in [0.25, 0.3) is 0 Å². The Kier molecular flexibility index (Phi) is 6.72. The quantitative estimate of drug-likeness (QED) is 0.573. The largest absolute Gasteiger partial charge is 0.395 e. The molecule has 0 saturated carbocycles. The lowest BCUT2D eigenvalue weighted by molar-refractivity contribution is 0.288. The minimum atomic E-state index is 0.0910. The van der Waals surface area contributed by atoms with Gasteiger partial charge in [-0.15, -0.1) is 0 Å². The molecule has 0 bridgehead atoms. The summed E-state index contributed by atoms with van der Waals surface area (Å²) in [6.45, 7) is 5.06. The Morgan fingerprint density at radius 3 is 2.68 bits per heavy atom. The van der Waals surface area contributed by atoms with Crippen molar-refractivity contribution in [1.82, 2.24) is 9.97 Å². The number of nitrogen functional groups attached to an aromatic ring is 1. The Hall–Kier alpha value is -1.21. The first kappa shape index (κ1) is 15.8. The molecule has 6 nitrogen and oxygen atoms in total. The van der Waals surface area contributed by atoms with Crippen LogP contribution in [0.5, 0.6) is 0 Å². The molecule has 2 unspecified atom stereocenters. The normalized spacial score (nSPS) is 13.9. The standard InChI is InChI=1S/C12H23N5OS/c1-4-5-14-10-6-11(17-12(13)16-10)15-8(2)9(7-18)19-3/h6,8-9,18H,4-5,7H2,1-3H3,(H4,13,14,15,16,17). The molecule has 1 rings (SSSR count). The van der Waals surface area contributed by atoms with E-state index in [1.54, 1.807) is 11.8 Å². The number of aliphatic hydroxyl groups excluding tert-OH is 1. The number of thioether (sulfide) groups is 1. The highest BCUT2D eigenvalue weighted by Crippen LogP contribution is 2.17. The number of hydrogen-bond donors (Lipinski definition) is 4. The van der Waals surface area contributed by atoms with Gasteiger partial charge in [0.05, 0.1) is 6.61 Å². The maximum Gasteiger partial charge on any atom is 0.223 e. The maximum atomic E-state index is 9.27. The van der Waals surface area contributed by atoms with E-state index in [9.17, 15) is 5.11 Å². The predicted octanol–water partition coefficient (Wildman–Crippen LogP) is 1.40. The van der Waals surface area contributed by atoms with Gasteiger partial charge in [0, 0.05) is 23.9 Å². The van der Waals surface area contributed by atoms with Gasteiger partial charge >= 0.3 is 0 Å². The third-order valence-corrected chi connectivity index (χ3v) is 3.88. The minimum Gasteiger partial charge on any atom is -0.395 e. The van der Waals surface area contributed by atoms with Gasteiger partial charge in [-0.1, -0.05) is 6.92 Å². The Balaban J connectivity index is 2.74. The molecule has 0 fully saturated rings. The molecule has 0 aliphatic rings. The van der Waals surface area contributed by atoms with Crippen LogP contribution in [0.15, 0.2) is 6.07 Å². The van der Waals surface area contributed by atoms with Gasteiger partial charge in [-0.05, 0) is 19.6 Å². The van der Waals surface area contributed by atoms with Crippen molar-refractivity contribution in [1.29, 1.82) is 0 Å². The highest BCUT2D eigenvalue weighted by Gasteiger charge is 2.15. The summed E-state index contributed by atoms with van der Waals surface area (Å²) in [5.41, 5.74) is 5.69. The average Bonchev–Trinajstić information content (AvgIpc) is 2.37. The van der Waals surface area contributed by atoms with Gasteiger partial charge in [-0.25, -0.2) is 0 Å². The summed E-state index contributed by atoms with van der Waals surface area (Å²) < 4.78 is 0. The van der Waals surface area contributed by atoms with Crippen LogP contribution in [0.3, 0.4) is 0 Å². The van der Waals surface area contributed by atoms with Crippen LogP contribution in [0.4, 0.5) is 17.6 Å². The van der Waals surface area contributed by atoms with Crippen molar-refractivity contribution in [3.63, 3.8) is 0 Å². The lowest BCUT2D eigenvalue weighted by atomic mass is 10.2. The summed E-state index contributed by atoms with van der Waals surface area (Å²) in [4.78, 5) is 8.28. The van der Waals surface area contributed by atoms with Crippen LogP contribution in [0.1, 0.15) is 20.3 Å². The molecule has 7 heteroatoms. The molecule has 2 atom stereocenters. The van der Waals surface area contributed by atoms with Gasteiger partial charge in [0.1, 0.15) is 11.6 Å². The van der Waals surface area contributed by atoms with Crippen LogP contribution in [0.25, 0.3) is 0 Å². The number of aliphatic hydroxyl groups is 1. The third-order valence-electron chi connectivity index (χ3n) is 2.72. The smallest absolute Gasteiger partial charge is 0.223 e. The summed E-state index contributed by atoms with van der Waals surface area (Å²) in [6.07, 6.45) is 2.99. The van der Waals surface area contributed by atoms with Crippen LogP contribution < -0.4 is 16.4 Å². The van der Waals surface area contributed by atoms with E-state index >= 15 is 0 Å². The van der Waals surface area contributed by atoms with E-state index in [-0.39, 0.29) is 23.8 Å². The van der Waals surface area contributed by atoms with E-state index in [0.29, 0.717) is 11.6 Å². The number of aromatic nitrogens is 2. The molecule has 19 heavy (non-hydrogen) atoms. The molecule has 0 saturated heterocycles. The van der Waals surface area contributed by atoms with Gasteiger partial charge in [-0.3, -0.25) is 0 Å². The second-order valence-electron chi connectivity index (χ2n) is 4.31. The van der Waals surface area contributed by atoms with Gasteiger partial charge in [0.2, 0.25) is 5.95 Å². The van der Waals surface area contributed by atoms with E-state index in [2.05, 4.69) is 27.5 Å². The van der Waals surface area contributed by atoms with Crippen molar-refractivity contribution in [3.05, 3.63) is 6.07 Å². The molecule has 0 aliphatic carbocycles. The summed E-state index contributed by atoms with van der Waals surface area (Å²) in [5.74, 6) is 1.63. The SMILES string of the molecule is CCCNc1cc(NC(C)C(CO)SC)nc(N)n1. The first-order valence-corrected chi connectivity index (χ1v) is 7.68. The molecule has 1 aromatic heterocycles.